The molecule has 0 amide bonds. The number of aromatic nitrogens is 2. The molecule has 4 nitrogen and oxygen atoms in total. The highest BCUT2D eigenvalue weighted by molar-refractivity contribution is 5.65. The number of nitrogens with zero attached hydrogens (tertiary/aromatic N) is 3. The van der Waals surface area contributed by atoms with Crippen molar-refractivity contribution in [2.45, 2.75) is 12.8 Å². The Labute approximate surface area is 146 Å². The summed E-state index contributed by atoms with van der Waals surface area (Å²) < 4.78 is 14.0. The minimum atomic E-state index is -0.301. The molecule has 2 aromatic carbocycles. The summed E-state index contributed by atoms with van der Waals surface area (Å²) in [5.41, 5.74) is 1.35. The van der Waals surface area contributed by atoms with Gasteiger partial charge in [-0.05, 0) is 25.0 Å². The number of para-hydroxylation sites is 1. The van der Waals surface area contributed by atoms with E-state index < -0.39 is 0 Å². The van der Waals surface area contributed by atoms with E-state index in [1.54, 1.807) is 18.2 Å². The molecule has 1 N–H and O–H groups in total. The number of hydrogen-bond donors (Lipinski definition) is 1. The predicted molar refractivity (Wildman–Crippen MR) is 98.6 cm³/mol. The molecule has 0 aliphatic carbocycles. The lowest BCUT2D eigenvalue weighted by atomic mass is 10.2. The lowest BCUT2D eigenvalue weighted by Gasteiger charge is -2.18. The molecule has 1 aromatic heterocycles. The van der Waals surface area contributed by atoms with Gasteiger partial charge >= 0.3 is 0 Å². The van der Waals surface area contributed by atoms with Crippen molar-refractivity contribution in [3.63, 3.8) is 0 Å². The van der Waals surface area contributed by atoms with Gasteiger partial charge in [0.1, 0.15) is 17.5 Å². The Morgan fingerprint density at radius 1 is 0.880 bits per heavy atom. The van der Waals surface area contributed by atoms with Gasteiger partial charge < -0.3 is 10.2 Å². The van der Waals surface area contributed by atoms with E-state index in [4.69, 9.17) is 4.98 Å². The van der Waals surface area contributed by atoms with Crippen LogP contribution in [0.2, 0.25) is 0 Å². The van der Waals surface area contributed by atoms with E-state index in [-0.39, 0.29) is 5.82 Å². The Morgan fingerprint density at radius 2 is 1.60 bits per heavy atom. The zero-order valence-electron chi connectivity index (χ0n) is 13.8. The van der Waals surface area contributed by atoms with Crippen molar-refractivity contribution >= 4 is 17.3 Å². The SMILES string of the molecule is Fc1ccccc1Nc1cc(N2CCCC2)nc(-c2ccccc2)n1. The number of nitrogens with one attached hydrogen (secondary N) is 1. The van der Waals surface area contributed by atoms with Crippen molar-refractivity contribution < 1.29 is 4.39 Å². The molecule has 126 valence electrons. The van der Waals surface area contributed by atoms with Gasteiger partial charge in [0.2, 0.25) is 0 Å². The van der Waals surface area contributed by atoms with Crippen LogP contribution in [0.1, 0.15) is 12.8 Å². The van der Waals surface area contributed by atoms with Gasteiger partial charge in [0.15, 0.2) is 5.82 Å². The highest BCUT2D eigenvalue weighted by atomic mass is 19.1. The first-order valence-electron chi connectivity index (χ1n) is 8.50. The Balaban J connectivity index is 1.74. The van der Waals surface area contributed by atoms with Gasteiger partial charge in [-0.3, -0.25) is 0 Å². The summed E-state index contributed by atoms with van der Waals surface area (Å²) in [5, 5.41) is 3.09. The summed E-state index contributed by atoms with van der Waals surface area (Å²) in [6.45, 7) is 1.98. The van der Waals surface area contributed by atoms with Crippen molar-refractivity contribution in [2.75, 3.05) is 23.3 Å². The van der Waals surface area contributed by atoms with Gasteiger partial charge in [0.05, 0.1) is 5.69 Å². The lowest BCUT2D eigenvalue weighted by molar-refractivity contribution is 0.632. The van der Waals surface area contributed by atoms with Gasteiger partial charge in [-0.1, -0.05) is 42.5 Å². The fourth-order valence-corrected chi connectivity index (χ4v) is 3.02. The minimum absolute atomic E-state index is 0.301. The molecular formula is C20H19FN4. The van der Waals surface area contributed by atoms with E-state index in [1.165, 1.54) is 18.9 Å². The molecule has 25 heavy (non-hydrogen) atoms. The normalized spacial score (nSPS) is 13.9. The van der Waals surface area contributed by atoms with Crippen LogP contribution in [0, 0.1) is 5.82 Å². The first kappa shape index (κ1) is 15.6. The van der Waals surface area contributed by atoms with Crippen molar-refractivity contribution in [3.8, 4) is 11.4 Å². The highest BCUT2D eigenvalue weighted by Gasteiger charge is 2.17. The quantitative estimate of drug-likeness (QED) is 0.755. The van der Waals surface area contributed by atoms with Crippen LogP contribution in [0.25, 0.3) is 11.4 Å². The average molecular weight is 334 g/mol. The molecule has 1 aliphatic heterocycles. The van der Waals surface area contributed by atoms with E-state index >= 15 is 0 Å². The second-order valence-electron chi connectivity index (χ2n) is 6.10. The zero-order chi connectivity index (χ0) is 17.1. The van der Waals surface area contributed by atoms with E-state index in [9.17, 15) is 4.39 Å². The molecule has 4 rings (SSSR count). The van der Waals surface area contributed by atoms with Crippen molar-refractivity contribution in [2.24, 2.45) is 0 Å². The first-order chi connectivity index (χ1) is 12.3. The summed E-state index contributed by atoms with van der Waals surface area (Å²) >= 11 is 0. The lowest BCUT2D eigenvalue weighted by Crippen LogP contribution is -2.19. The third-order valence-electron chi connectivity index (χ3n) is 4.31. The van der Waals surface area contributed by atoms with Crippen LogP contribution in [0.15, 0.2) is 60.7 Å². The molecule has 0 atom stereocenters. The average Bonchev–Trinajstić information content (AvgIpc) is 3.19. The molecule has 1 saturated heterocycles. The molecule has 0 unspecified atom stereocenters. The van der Waals surface area contributed by atoms with Crippen molar-refractivity contribution in [3.05, 3.63) is 66.5 Å². The van der Waals surface area contributed by atoms with Gasteiger partial charge in [0.25, 0.3) is 0 Å². The Bertz CT molecular complexity index is 861. The predicted octanol–water partition coefficient (Wildman–Crippen LogP) is 4.63. The zero-order valence-corrected chi connectivity index (χ0v) is 13.8. The van der Waals surface area contributed by atoms with Gasteiger partial charge in [-0.25, -0.2) is 14.4 Å². The van der Waals surface area contributed by atoms with E-state index in [0.29, 0.717) is 17.3 Å². The van der Waals surface area contributed by atoms with Crippen LogP contribution in [0.4, 0.5) is 21.7 Å². The Hall–Kier alpha value is -2.95. The van der Waals surface area contributed by atoms with Crippen molar-refractivity contribution in [1.29, 1.82) is 0 Å². The van der Waals surface area contributed by atoms with Crippen LogP contribution < -0.4 is 10.2 Å². The van der Waals surface area contributed by atoms with Crippen LogP contribution in [-0.4, -0.2) is 23.1 Å². The summed E-state index contributed by atoms with van der Waals surface area (Å²) in [5.74, 6) is 1.82. The standard InChI is InChI=1S/C20H19FN4/c21-16-10-4-5-11-17(16)22-18-14-19(25-12-6-7-13-25)24-20(23-18)15-8-2-1-3-9-15/h1-5,8-11,14H,6-7,12-13H2,(H,22,23,24). The van der Waals surface area contributed by atoms with E-state index in [2.05, 4.69) is 15.2 Å². The molecule has 2 heterocycles. The molecule has 5 heteroatoms. The Morgan fingerprint density at radius 3 is 2.36 bits per heavy atom. The summed E-state index contributed by atoms with van der Waals surface area (Å²) in [7, 11) is 0. The van der Waals surface area contributed by atoms with E-state index in [1.807, 2.05) is 36.4 Å². The smallest absolute Gasteiger partial charge is 0.163 e. The maximum absolute atomic E-state index is 14.0. The summed E-state index contributed by atoms with van der Waals surface area (Å²) in [4.78, 5) is 11.6. The highest BCUT2D eigenvalue weighted by Crippen LogP contribution is 2.27. The molecule has 0 bridgehead atoms. The van der Waals surface area contributed by atoms with Crippen LogP contribution >= 0.6 is 0 Å². The molecule has 1 aliphatic rings. The summed E-state index contributed by atoms with van der Waals surface area (Å²) in [6, 6.07) is 18.4. The van der Waals surface area contributed by atoms with Gasteiger partial charge in [-0.15, -0.1) is 0 Å². The molecule has 0 radical (unpaired) electrons. The maximum atomic E-state index is 14.0. The monoisotopic (exact) mass is 334 g/mol. The molecule has 0 saturated carbocycles. The van der Waals surface area contributed by atoms with Crippen LogP contribution in [-0.2, 0) is 0 Å². The first-order valence-corrected chi connectivity index (χ1v) is 8.50. The number of anilines is 3. The minimum Gasteiger partial charge on any atom is -0.356 e. The molecule has 0 spiro atoms. The molecule has 1 fully saturated rings. The molecular weight excluding hydrogens is 315 g/mol. The topological polar surface area (TPSA) is 41.0 Å². The number of halogens is 1. The van der Waals surface area contributed by atoms with Gasteiger partial charge in [-0.2, -0.15) is 0 Å². The van der Waals surface area contributed by atoms with Gasteiger partial charge in [0, 0.05) is 24.7 Å². The number of hydrogen-bond acceptors (Lipinski definition) is 4. The van der Waals surface area contributed by atoms with E-state index in [0.717, 1.165) is 24.5 Å². The maximum Gasteiger partial charge on any atom is 0.163 e. The van der Waals surface area contributed by atoms with Crippen molar-refractivity contribution in [1.82, 2.24) is 9.97 Å². The Kier molecular flexibility index (Phi) is 4.29. The second kappa shape index (κ2) is 6.89. The fourth-order valence-electron chi connectivity index (χ4n) is 3.02. The molecule has 3 aromatic rings. The largest absolute Gasteiger partial charge is 0.356 e. The summed E-state index contributed by atoms with van der Waals surface area (Å²) in [6.07, 6.45) is 2.33. The third kappa shape index (κ3) is 3.45. The van der Waals surface area contributed by atoms with Crippen LogP contribution in [0.3, 0.4) is 0 Å². The number of rotatable bonds is 4. The third-order valence-corrected chi connectivity index (χ3v) is 4.31. The fraction of sp³-hybridized carbons (Fsp3) is 0.200. The van der Waals surface area contributed by atoms with Crippen LogP contribution in [0.5, 0.6) is 0 Å². The second-order valence-corrected chi connectivity index (χ2v) is 6.10. The number of benzene rings is 2.